The number of alkyl halides is 2. The second-order valence-electron chi connectivity index (χ2n) is 5.67. The van der Waals surface area contributed by atoms with Crippen molar-refractivity contribution in [3.63, 3.8) is 0 Å². The predicted molar refractivity (Wildman–Crippen MR) is 114 cm³/mol. The lowest BCUT2D eigenvalue weighted by molar-refractivity contribution is -0.0504. The Balaban J connectivity index is 0.00000300. The lowest BCUT2D eigenvalue weighted by atomic mass is 10.2. The molecule has 0 aliphatic heterocycles. The third-order valence-corrected chi connectivity index (χ3v) is 3.79. The van der Waals surface area contributed by atoms with E-state index in [0.717, 1.165) is 0 Å². The van der Waals surface area contributed by atoms with Crippen LogP contribution in [0.25, 0.3) is 11.6 Å². The summed E-state index contributed by atoms with van der Waals surface area (Å²) < 4.78 is 34.7. The number of hydrogen-bond donors (Lipinski definition) is 3. The van der Waals surface area contributed by atoms with E-state index in [-0.39, 0.29) is 36.3 Å². The van der Waals surface area contributed by atoms with Crippen molar-refractivity contribution in [2.45, 2.75) is 19.6 Å². The Morgan fingerprint density at radius 3 is 2.79 bits per heavy atom. The fourth-order valence-corrected chi connectivity index (χ4v) is 2.48. The molecular weight excluding hydrogens is 497 g/mol. The highest BCUT2D eigenvalue weighted by Crippen LogP contribution is 2.19. The first-order valence-electron chi connectivity index (χ1n) is 8.58. The molecule has 29 heavy (non-hydrogen) atoms. The number of nitrogens with one attached hydrogen (secondary N) is 3. The molecule has 156 valence electrons. The van der Waals surface area contributed by atoms with Crippen molar-refractivity contribution in [3.8, 4) is 17.3 Å². The molecule has 2 aromatic heterocycles. The fraction of sp³-hybridized carbons (Fsp3) is 0.278. The van der Waals surface area contributed by atoms with E-state index < -0.39 is 6.61 Å². The lowest BCUT2D eigenvalue weighted by Crippen LogP contribution is -2.38. The highest BCUT2D eigenvalue weighted by Gasteiger charge is 2.10. The molecule has 0 aliphatic rings. The zero-order valence-corrected chi connectivity index (χ0v) is 17.9. The van der Waals surface area contributed by atoms with Crippen LogP contribution < -0.4 is 15.4 Å². The van der Waals surface area contributed by atoms with E-state index in [1.807, 2.05) is 0 Å². The van der Waals surface area contributed by atoms with Gasteiger partial charge in [0, 0.05) is 32.1 Å². The highest BCUT2D eigenvalue weighted by molar-refractivity contribution is 14.0. The molecule has 3 N–H and O–H groups in total. The van der Waals surface area contributed by atoms with Gasteiger partial charge >= 0.3 is 6.61 Å². The number of aromatic amines is 1. The number of ether oxygens (including phenoxy) is 1. The third kappa shape index (κ3) is 6.69. The van der Waals surface area contributed by atoms with Crippen molar-refractivity contribution >= 4 is 29.9 Å². The van der Waals surface area contributed by atoms with Crippen LogP contribution in [0, 0.1) is 0 Å². The number of nitrogens with zero attached hydrogens (tertiary/aromatic N) is 3. The van der Waals surface area contributed by atoms with Crippen LogP contribution in [0.1, 0.15) is 11.4 Å². The number of aromatic nitrogens is 3. The summed E-state index contributed by atoms with van der Waals surface area (Å²) >= 11 is 0. The average Bonchev–Trinajstić information content (AvgIpc) is 3.37. The standard InChI is InChI=1S/C18H20F2N6O2.HI/c1-21-18(23-11-12-5-2-3-6-13(12)28-17(19)20)22-9-8-15-24-16(26-25-15)14-7-4-10-27-14;/h2-7,10,17H,8-9,11H2,1H3,(H2,21,22,23)(H,24,25,26);1H. The summed E-state index contributed by atoms with van der Waals surface area (Å²) in [7, 11) is 1.63. The fourth-order valence-electron chi connectivity index (χ4n) is 2.48. The monoisotopic (exact) mass is 518 g/mol. The molecule has 3 rings (SSSR count). The average molecular weight is 518 g/mol. The summed E-state index contributed by atoms with van der Waals surface area (Å²) in [6.45, 7) is -2.04. The van der Waals surface area contributed by atoms with E-state index >= 15 is 0 Å². The van der Waals surface area contributed by atoms with Crippen LogP contribution >= 0.6 is 24.0 Å². The van der Waals surface area contributed by atoms with Gasteiger partial charge in [0.1, 0.15) is 11.6 Å². The molecule has 0 radical (unpaired) electrons. The summed E-state index contributed by atoms with van der Waals surface area (Å²) in [5, 5.41) is 13.2. The van der Waals surface area contributed by atoms with Crippen LogP contribution in [0.4, 0.5) is 8.78 Å². The van der Waals surface area contributed by atoms with E-state index in [1.165, 1.54) is 6.07 Å². The molecule has 0 fully saturated rings. The molecule has 0 saturated heterocycles. The summed E-state index contributed by atoms with van der Waals surface area (Å²) in [4.78, 5) is 8.47. The molecule has 0 saturated carbocycles. The van der Waals surface area contributed by atoms with Crippen molar-refractivity contribution in [1.82, 2.24) is 25.8 Å². The summed E-state index contributed by atoms with van der Waals surface area (Å²) in [5.41, 5.74) is 0.601. The summed E-state index contributed by atoms with van der Waals surface area (Å²) in [6, 6.07) is 10.2. The molecule has 0 aliphatic carbocycles. The number of para-hydroxylation sites is 1. The van der Waals surface area contributed by atoms with E-state index in [4.69, 9.17) is 4.42 Å². The first-order valence-corrected chi connectivity index (χ1v) is 8.58. The number of halogens is 3. The van der Waals surface area contributed by atoms with E-state index in [1.54, 1.807) is 43.6 Å². The molecule has 2 heterocycles. The third-order valence-electron chi connectivity index (χ3n) is 3.79. The minimum absolute atomic E-state index is 0. The van der Waals surface area contributed by atoms with Crippen LogP contribution in [0.3, 0.4) is 0 Å². The number of furan rings is 1. The Morgan fingerprint density at radius 2 is 2.07 bits per heavy atom. The minimum atomic E-state index is -2.87. The molecule has 0 unspecified atom stereocenters. The van der Waals surface area contributed by atoms with Gasteiger partial charge in [0.05, 0.1) is 6.26 Å². The Labute approximate surface area is 183 Å². The van der Waals surface area contributed by atoms with E-state index in [9.17, 15) is 8.78 Å². The normalized spacial score (nSPS) is 11.2. The Morgan fingerprint density at radius 1 is 1.24 bits per heavy atom. The first kappa shape index (κ1) is 22.6. The van der Waals surface area contributed by atoms with Crippen molar-refractivity contribution in [2.24, 2.45) is 4.99 Å². The number of guanidine groups is 1. The first-order chi connectivity index (χ1) is 13.7. The Hall–Kier alpha value is -2.70. The molecule has 1 aromatic carbocycles. The molecule has 11 heteroatoms. The largest absolute Gasteiger partial charge is 0.461 e. The smallest absolute Gasteiger partial charge is 0.387 e. The van der Waals surface area contributed by atoms with Gasteiger partial charge in [-0.05, 0) is 18.2 Å². The molecule has 0 spiro atoms. The van der Waals surface area contributed by atoms with Crippen LogP contribution in [0.5, 0.6) is 5.75 Å². The van der Waals surface area contributed by atoms with Crippen molar-refractivity contribution in [1.29, 1.82) is 0 Å². The molecule has 8 nitrogen and oxygen atoms in total. The number of hydrogen-bond acceptors (Lipinski definition) is 5. The van der Waals surface area contributed by atoms with Crippen LogP contribution in [-0.2, 0) is 13.0 Å². The maximum Gasteiger partial charge on any atom is 0.387 e. The molecular formula is C18H21F2IN6O2. The number of benzene rings is 1. The lowest BCUT2D eigenvalue weighted by Gasteiger charge is -2.14. The van der Waals surface area contributed by atoms with Gasteiger partial charge < -0.3 is 19.8 Å². The quantitative estimate of drug-likeness (QED) is 0.241. The summed E-state index contributed by atoms with van der Waals surface area (Å²) in [5.74, 6) is 2.45. The van der Waals surface area contributed by atoms with Gasteiger partial charge in [0.15, 0.2) is 11.7 Å². The van der Waals surface area contributed by atoms with Gasteiger partial charge in [0.25, 0.3) is 0 Å². The van der Waals surface area contributed by atoms with Gasteiger partial charge in [-0.15, -0.1) is 24.0 Å². The Kier molecular flexibility index (Phi) is 8.83. The van der Waals surface area contributed by atoms with Crippen LogP contribution in [0.2, 0.25) is 0 Å². The SMILES string of the molecule is CN=C(NCCc1nc(-c2ccco2)n[nH]1)NCc1ccccc1OC(F)F.I. The van der Waals surface area contributed by atoms with E-state index in [2.05, 4.69) is 35.5 Å². The molecule has 0 atom stereocenters. The zero-order valence-electron chi connectivity index (χ0n) is 15.6. The van der Waals surface area contributed by atoms with Crippen molar-refractivity contribution < 1.29 is 17.9 Å². The van der Waals surface area contributed by atoms with Gasteiger partial charge in [0.2, 0.25) is 5.82 Å². The Bertz CT molecular complexity index is 901. The summed E-state index contributed by atoms with van der Waals surface area (Å²) in [6.07, 6.45) is 2.15. The molecule has 0 bridgehead atoms. The molecule has 3 aromatic rings. The van der Waals surface area contributed by atoms with Gasteiger partial charge in [-0.2, -0.15) is 13.9 Å². The molecule has 0 amide bonds. The maximum absolute atomic E-state index is 12.5. The van der Waals surface area contributed by atoms with Crippen LogP contribution in [0.15, 0.2) is 52.1 Å². The van der Waals surface area contributed by atoms with E-state index in [0.29, 0.717) is 41.9 Å². The maximum atomic E-state index is 12.5. The minimum Gasteiger partial charge on any atom is -0.461 e. The van der Waals surface area contributed by atoms with Crippen molar-refractivity contribution in [3.05, 3.63) is 54.0 Å². The number of aliphatic imine (C=N–C) groups is 1. The van der Waals surface area contributed by atoms with Gasteiger partial charge in [-0.1, -0.05) is 18.2 Å². The second-order valence-corrected chi connectivity index (χ2v) is 5.67. The van der Waals surface area contributed by atoms with Gasteiger partial charge in [-0.25, -0.2) is 4.98 Å². The predicted octanol–water partition coefficient (Wildman–Crippen LogP) is 3.19. The second kappa shape index (κ2) is 11.3. The number of rotatable bonds is 8. The van der Waals surface area contributed by atoms with Crippen molar-refractivity contribution in [2.75, 3.05) is 13.6 Å². The number of H-pyrrole nitrogens is 1. The topological polar surface area (TPSA) is 100 Å². The zero-order chi connectivity index (χ0) is 19.8. The highest BCUT2D eigenvalue weighted by atomic mass is 127. The van der Waals surface area contributed by atoms with Crippen LogP contribution in [-0.4, -0.2) is 41.3 Å². The van der Waals surface area contributed by atoms with Gasteiger partial charge in [-0.3, -0.25) is 10.1 Å².